The van der Waals surface area contributed by atoms with Gasteiger partial charge in [-0.1, -0.05) is 12.1 Å². The van der Waals surface area contributed by atoms with Gasteiger partial charge in [-0.05, 0) is 48.4 Å². The second-order valence-electron chi connectivity index (χ2n) is 4.29. The first-order valence-electron chi connectivity index (χ1n) is 6.07. The van der Waals surface area contributed by atoms with Crippen LogP contribution in [0.5, 0.6) is 5.75 Å². The summed E-state index contributed by atoms with van der Waals surface area (Å²) < 4.78 is 0. The number of aromatic hydroxyl groups is 1. The zero-order chi connectivity index (χ0) is 13.7. The van der Waals surface area contributed by atoms with Crippen molar-refractivity contribution in [3.8, 4) is 5.75 Å². The molecule has 0 aliphatic carbocycles. The molecule has 0 unspecified atom stereocenters. The van der Waals surface area contributed by atoms with Crippen LogP contribution in [-0.2, 0) is 6.42 Å². The quantitative estimate of drug-likeness (QED) is 0.732. The molecule has 0 aromatic heterocycles. The third-order valence-corrected chi connectivity index (χ3v) is 2.81. The number of nitrogen functional groups attached to an aromatic ring is 1. The minimum absolute atomic E-state index is 0.112. The summed E-state index contributed by atoms with van der Waals surface area (Å²) in [6.45, 7) is 0.550. The highest BCUT2D eigenvalue weighted by Crippen LogP contribution is 2.10. The minimum Gasteiger partial charge on any atom is -0.508 e. The van der Waals surface area contributed by atoms with Crippen molar-refractivity contribution in [2.24, 2.45) is 0 Å². The molecule has 19 heavy (non-hydrogen) atoms. The molecule has 2 aromatic carbocycles. The Balaban J connectivity index is 1.84. The third kappa shape index (κ3) is 3.74. The molecule has 4 nitrogen and oxygen atoms in total. The Morgan fingerprint density at radius 2 is 1.68 bits per heavy atom. The van der Waals surface area contributed by atoms with Crippen LogP contribution < -0.4 is 11.1 Å². The third-order valence-electron chi connectivity index (χ3n) is 2.81. The number of phenolic OH excluding ortho intramolecular Hbond substituents is 1. The molecule has 0 saturated heterocycles. The zero-order valence-electron chi connectivity index (χ0n) is 10.5. The summed E-state index contributed by atoms with van der Waals surface area (Å²) in [5, 5.41) is 12.0. The van der Waals surface area contributed by atoms with Crippen LogP contribution in [0.4, 0.5) is 5.69 Å². The van der Waals surface area contributed by atoms with Gasteiger partial charge in [0.1, 0.15) is 5.75 Å². The van der Waals surface area contributed by atoms with E-state index in [-0.39, 0.29) is 11.7 Å². The predicted octanol–water partition coefficient (Wildman–Crippen LogP) is 1.95. The van der Waals surface area contributed by atoms with Crippen LogP contribution in [0, 0.1) is 0 Å². The average molecular weight is 256 g/mol. The zero-order valence-corrected chi connectivity index (χ0v) is 10.5. The molecule has 0 aliphatic heterocycles. The van der Waals surface area contributed by atoms with E-state index in [1.165, 1.54) is 0 Å². The number of carbonyl (C=O) groups excluding carboxylic acids is 1. The smallest absolute Gasteiger partial charge is 0.251 e. The predicted molar refractivity (Wildman–Crippen MR) is 75.0 cm³/mol. The molecule has 2 rings (SSSR count). The summed E-state index contributed by atoms with van der Waals surface area (Å²) in [5.41, 5.74) is 7.86. The minimum atomic E-state index is -0.112. The molecule has 2 aromatic rings. The van der Waals surface area contributed by atoms with Crippen molar-refractivity contribution in [2.75, 3.05) is 12.3 Å². The van der Waals surface area contributed by atoms with Crippen molar-refractivity contribution >= 4 is 11.6 Å². The number of amides is 1. The van der Waals surface area contributed by atoms with E-state index in [0.717, 1.165) is 12.0 Å². The molecule has 0 fully saturated rings. The Morgan fingerprint density at radius 3 is 2.32 bits per heavy atom. The van der Waals surface area contributed by atoms with Gasteiger partial charge in [-0.2, -0.15) is 0 Å². The fourth-order valence-corrected chi connectivity index (χ4v) is 1.72. The van der Waals surface area contributed by atoms with Crippen LogP contribution in [0.15, 0.2) is 48.5 Å². The van der Waals surface area contributed by atoms with Gasteiger partial charge >= 0.3 is 0 Å². The van der Waals surface area contributed by atoms with Crippen molar-refractivity contribution < 1.29 is 9.90 Å². The number of rotatable bonds is 4. The van der Waals surface area contributed by atoms with Crippen molar-refractivity contribution in [3.63, 3.8) is 0 Å². The summed E-state index contributed by atoms with van der Waals surface area (Å²) in [5.74, 6) is 0.133. The Bertz CT molecular complexity index is 547. The van der Waals surface area contributed by atoms with Crippen LogP contribution in [0.1, 0.15) is 15.9 Å². The first-order chi connectivity index (χ1) is 9.15. The van der Waals surface area contributed by atoms with Gasteiger partial charge < -0.3 is 16.2 Å². The van der Waals surface area contributed by atoms with Crippen LogP contribution in [0.25, 0.3) is 0 Å². The number of hydrogen-bond acceptors (Lipinski definition) is 3. The maximum Gasteiger partial charge on any atom is 0.251 e. The number of nitrogens with two attached hydrogens (primary N) is 1. The normalized spacial score (nSPS) is 10.1. The maximum absolute atomic E-state index is 11.8. The summed E-state index contributed by atoms with van der Waals surface area (Å²) in [7, 11) is 0. The standard InChI is InChI=1S/C15H16N2O2/c16-13-5-3-12(4-6-13)15(19)17-10-9-11-1-7-14(18)8-2-11/h1-8,18H,9-10,16H2,(H,17,19). The summed E-state index contributed by atoms with van der Waals surface area (Å²) in [6.07, 6.45) is 0.723. The fraction of sp³-hybridized carbons (Fsp3) is 0.133. The van der Waals surface area contributed by atoms with Crippen LogP contribution >= 0.6 is 0 Å². The number of anilines is 1. The van der Waals surface area contributed by atoms with Gasteiger partial charge in [0.05, 0.1) is 0 Å². The lowest BCUT2D eigenvalue weighted by Crippen LogP contribution is -2.25. The van der Waals surface area contributed by atoms with Gasteiger partial charge in [0.15, 0.2) is 0 Å². The molecule has 0 bridgehead atoms. The monoisotopic (exact) mass is 256 g/mol. The van der Waals surface area contributed by atoms with Crippen molar-refractivity contribution in [1.82, 2.24) is 5.32 Å². The lowest BCUT2D eigenvalue weighted by molar-refractivity contribution is 0.0954. The number of hydrogen-bond donors (Lipinski definition) is 3. The summed E-state index contributed by atoms with van der Waals surface area (Å²) in [4.78, 5) is 11.8. The lowest BCUT2D eigenvalue weighted by Gasteiger charge is -2.06. The highest BCUT2D eigenvalue weighted by Gasteiger charge is 2.04. The van der Waals surface area contributed by atoms with E-state index in [2.05, 4.69) is 5.32 Å². The Labute approximate surface area is 111 Å². The van der Waals surface area contributed by atoms with E-state index in [9.17, 15) is 4.79 Å². The molecular weight excluding hydrogens is 240 g/mol. The molecule has 0 saturated carbocycles. The van der Waals surface area contributed by atoms with Gasteiger partial charge in [0, 0.05) is 17.8 Å². The van der Waals surface area contributed by atoms with Crippen molar-refractivity contribution in [1.29, 1.82) is 0 Å². The molecule has 4 N–H and O–H groups in total. The molecule has 0 spiro atoms. The van der Waals surface area contributed by atoms with E-state index < -0.39 is 0 Å². The number of benzene rings is 2. The molecule has 4 heteroatoms. The van der Waals surface area contributed by atoms with Crippen LogP contribution in [0.2, 0.25) is 0 Å². The van der Waals surface area contributed by atoms with Gasteiger partial charge in [-0.3, -0.25) is 4.79 Å². The molecular formula is C15H16N2O2. The number of nitrogens with one attached hydrogen (secondary N) is 1. The number of phenols is 1. The number of carbonyl (C=O) groups is 1. The topological polar surface area (TPSA) is 75.4 Å². The first-order valence-corrected chi connectivity index (χ1v) is 6.07. The summed E-state index contributed by atoms with van der Waals surface area (Å²) >= 11 is 0. The van der Waals surface area contributed by atoms with Crippen molar-refractivity contribution in [3.05, 3.63) is 59.7 Å². The molecule has 1 amide bonds. The largest absolute Gasteiger partial charge is 0.508 e. The van der Waals surface area contributed by atoms with Crippen molar-refractivity contribution in [2.45, 2.75) is 6.42 Å². The summed E-state index contributed by atoms with van der Waals surface area (Å²) in [6, 6.07) is 13.8. The van der Waals surface area contributed by atoms with Gasteiger partial charge in [-0.25, -0.2) is 0 Å². The van der Waals surface area contributed by atoms with Gasteiger partial charge in [0.2, 0.25) is 0 Å². The maximum atomic E-state index is 11.8. The van der Waals surface area contributed by atoms with E-state index in [1.807, 2.05) is 12.1 Å². The van der Waals surface area contributed by atoms with E-state index in [0.29, 0.717) is 17.8 Å². The van der Waals surface area contributed by atoms with Crippen LogP contribution in [0.3, 0.4) is 0 Å². The fourth-order valence-electron chi connectivity index (χ4n) is 1.72. The SMILES string of the molecule is Nc1ccc(C(=O)NCCc2ccc(O)cc2)cc1. The second-order valence-corrected chi connectivity index (χ2v) is 4.29. The van der Waals surface area contributed by atoms with Gasteiger partial charge in [-0.15, -0.1) is 0 Å². The molecule has 0 aliphatic rings. The second kappa shape index (κ2) is 5.91. The highest BCUT2D eigenvalue weighted by molar-refractivity contribution is 5.94. The Kier molecular flexibility index (Phi) is 4.03. The molecule has 0 heterocycles. The first kappa shape index (κ1) is 13.0. The van der Waals surface area contributed by atoms with Gasteiger partial charge in [0.25, 0.3) is 5.91 Å². The van der Waals surface area contributed by atoms with E-state index >= 15 is 0 Å². The molecule has 98 valence electrons. The Morgan fingerprint density at radius 1 is 1.05 bits per heavy atom. The Hall–Kier alpha value is -2.49. The molecule has 0 atom stereocenters. The van der Waals surface area contributed by atoms with E-state index in [4.69, 9.17) is 10.8 Å². The molecule has 0 radical (unpaired) electrons. The van der Waals surface area contributed by atoms with E-state index in [1.54, 1.807) is 36.4 Å². The average Bonchev–Trinajstić information content (AvgIpc) is 2.41. The highest BCUT2D eigenvalue weighted by atomic mass is 16.3. The lowest BCUT2D eigenvalue weighted by atomic mass is 10.1. The van der Waals surface area contributed by atoms with Crippen LogP contribution in [-0.4, -0.2) is 17.6 Å².